The van der Waals surface area contributed by atoms with Gasteiger partial charge in [-0.05, 0) is 13.0 Å². The molecule has 0 amide bonds. The highest BCUT2D eigenvalue weighted by molar-refractivity contribution is 5.92. The summed E-state index contributed by atoms with van der Waals surface area (Å²) >= 11 is 0. The Bertz CT molecular complexity index is 328. The van der Waals surface area contributed by atoms with Crippen molar-refractivity contribution in [3.63, 3.8) is 0 Å². The lowest BCUT2D eigenvalue weighted by molar-refractivity contribution is 0.00756. The maximum Gasteiger partial charge on any atom is 0.247 e. The number of hydrogen-bond donors (Lipinski definition) is 0. The van der Waals surface area contributed by atoms with Gasteiger partial charge in [-0.15, -0.1) is 0 Å². The number of ketones is 1. The molecule has 0 saturated heterocycles. The number of nitrogens with zero attached hydrogens (tertiary/aromatic N) is 2. The van der Waals surface area contributed by atoms with Crippen LogP contribution in [0.1, 0.15) is 30.8 Å². The first-order valence-corrected chi connectivity index (χ1v) is 4.31. The molecule has 0 N–H and O–H groups in total. The van der Waals surface area contributed by atoms with Crippen LogP contribution in [0.2, 0.25) is 0 Å². The summed E-state index contributed by atoms with van der Waals surface area (Å²) < 4.78 is 26.3. The molecule has 0 saturated carbocycles. The fraction of sp³-hybridized carbons (Fsp3) is 0.556. The topological polar surface area (TPSA) is 34.9 Å². The number of carbonyl (C=O) groups is 1. The van der Waals surface area contributed by atoms with E-state index in [4.69, 9.17) is 0 Å². The lowest BCUT2D eigenvalue weighted by atomic mass is 10.2. The van der Waals surface area contributed by atoms with Gasteiger partial charge in [-0.25, -0.2) is 8.78 Å². The van der Waals surface area contributed by atoms with Gasteiger partial charge in [0.1, 0.15) is 5.69 Å². The van der Waals surface area contributed by atoms with Gasteiger partial charge in [0.15, 0.2) is 5.78 Å². The van der Waals surface area contributed by atoms with Crippen LogP contribution in [-0.4, -0.2) is 21.5 Å². The predicted octanol–water partition coefficient (Wildman–Crippen LogP) is 2.13. The van der Waals surface area contributed by atoms with Gasteiger partial charge in [0.05, 0.1) is 0 Å². The summed E-state index contributed by atoms with van der Waals surface area (Å²) in [4.78, 5) is 11.0. The van der Waals surface area contributed by atoms with E-state index in [0.717, 1.165) is 6.92 Å². The summed E-state index contributed by atoms with van der Waals surface area (Å²) in [5.41, 5.74) is 0.370. The van der Waals surface area contributed by atoms with Crippen LogP contribution in [0, 0.1) is 0 Å². The summed E-state index contributed by atoms with van der Waals surface area (Å²) in [5, 5.41) is 3.80. The summed E-state index contributed by atoms with van der Waals surface area (Å²) in [6, 6.07) is 1.52. The van der Waals surface area contributed by atoms with E-state index in [0.29, 0.717) is 5.69 Å². The number of rotatable bonds is 4. The summed E-state index contributed by atoms with van der Waals surface area (Å²) in [7, 11) is 0. The van der Waals surface area contributed by atoms with Crippen molar-refractivity contribution in [2.24, 2.45) is 0 Å². The van der Waals surface area contributed by atoms with Crippen molar-refractivity contribution in [2.75, 3.05) is 0 Å². The van der Waals surface area contributed by atoms with Crippen molar-refractivity contribution in [1.82, 2.24) is 9.78 Å². The third-order valence-corrected chi connectivity index (χ3v) is 1.84. The molecule has 0 radical (unpaired) electrons. The van der Waals surface area contributed by atoms with Gasteiger partial charge >= 0.3 is 0 Å². The third kappa shape index (κ3) is 2.90. The molecule has 0 aromatic carbocycles. The van der Waals surface area contributed by atoms with Crippen LogP contribution in [-0.2, 0) is 6.54 Å². The first-order chi connectivity index (χ1) is 6.40. The number of carbonyl (C=O) groups excluding carboxylic acids is 1. The van der Waals surface area contributed by atoms with Crippen molar-refractivity contribution in [2.45, 2.75) is 32.7 Å². The quantitative estimate of drug-likeness (QED) is 0.701. The van der Waals surface area contributed by atoms with E-state index in [9.17, 15) is 13.6 Å². The Morgan fingerprint density at radius 3 is 2.79 bits per heavy atom. The van der Waals surface area contributed by atoms with E-state index >= 15 is 0 Å². The molecule has 78 valence electrons. The fourth-order valence-electron chi connectivity index (χ4n) is 1.11. The molecule has 0 bridgehead atoms. The first kappa shape index (κ1) is 10.8. The van der Waals surface area contributed by atoms with Gasteiger partial charge in [0.25, 0.3) is 0 Å². The minimum Gasteiger partial charge on any atom is -0.293 e. The number of alkyl halides is 2. The minimum absolute atomic E-state index is 0.0609. The Hall–Kier alpha value is -1.26. The molecule has 0 unspecified atom stereocenters. The number of halogens is 2. The molecule has 0 atom stereocenters. The monoisotopic (exact) mass is 202 g/mol. The van der Waals surface area contributed by atoms with Crippen molar-refractivity contribution in [3.05, 3.63) is 18.0 Å². The number of Topliss-reactive ketones (excluding diaryl/α,β-unsaturated/α-hetero) is 1. The molecule has 0 aliphatic rings. The zero-order valence-electron chi connectivity index (χ0n) is 8.13. The van der Waals surface area contributed by atoms with E-state index < -0.39 is 5.92 Å². The predicted molar refractivity (Wildman–Crippen MR) is 47.5 cm³/mol. The van der Waals surface area contributed by atoms with E-state index in [2.05, 4.69) is 5.10 Å². The van der Waals surface area contributed by atoms with E-state index in [1.54, 1.807) is 0 Å². The van der Waals surface area contributed by atoms with Crippen molar-refractivity contribution in [3.8, 4) is 0 Å². The lowest BCUT2D eigenvalue weighted by Gasteiger charge is -2.10. The zero-order valence-corrected chi connectivity index (χ0v) is 8.13. The summed E-state index contributed by atoms with van der Waals surface area (Å²) in [6.45, 7) is 2.30. The Morgan fingerprint density at radius 2 is 2.29 bits per heavy atom. The second-order valence-corrected chi connectivity index (χ2v) is 3.32. The summed E-state index contributed by atoms with van der Waals surface area (Å²) in [5.74, 6) is -2.89. The van der Waals surface area contributed by atoms with Crippen LogP contribution in [0.5, 0.6) is 0 Å². The van der Waals surface area contributed by atoms with Gasteiger partial charge in [-0.2, -0.15) is 5.10 Å². The van der Waals surface area contributed by atoms with Crippen LogP contribution >= 0.6 is 0 Å². The number of aryl methyl sites for hydroxylation is 1. The second-order valence-electron chi connectivity index (χ2n) is 3.32. The largest absolute Gasteiger partial charge is 0.293 e. The highest BCUT2D eigenvalue weighted by atomic mass is 19.3. The summed E-state index contributed by atoms with van der Waals surface area (Å²) in [6.07, 6.45) is 1.12. The number of aromatic nitrogens is 2. The lowest BCUT2D eigenvalue weighted by Crippen LogP contribution is -2.16. The first-order valence-electron chi connectivity index (χ1n) is 4.31. The third-order valence-electron chi connectivity index (χ3n) is 1.84. The molecular weight excluding hydrogens is 190 g/mol. The normalized spacial score (nSPS) is 11.7. The minimum atomic E-state index is -2.72. The molecule has 5 heteroatoms. The molecule has 1 aromatic heterocycles. The van der Waals surface area contributed by atoms with Crippen LogP contribution in [0.25, 0.3) is 0 Å². The van der Waals surface area contributed by atoms with Gasteiger partial charge in [0, 0.05) is 26.1 Å². The molecular formula is C9H12F2N2O. The standard InChI is InChI=1S/C9H12F2N2O/c1-7(14)8-3-5-12-13(8)6-4-9(2,10)11/h3,5H,4,6H2,1-2H3. The Balaban J connectivity index is 2.68. The van der Waals surface area contributed by atoms with E-state index in [1.807, 2.05) is 0 Å². The SMILES string of the molecule is CC(=O)c1ccnn1CCC(C)(F)F. The highest BCUT2D eigenvalue weighted by Crippen LogP contribution is 2.17. The fourth-order valence-corrected chi connectivity index (χ4v) is 1.11. The molecule has 0 aliphatic carbocycles. The van der Waals surface area contributed by atoms with Crippen LogP contribution in [0.3, 0.4) is 0 Å². The van der Waals surface area contributed by atoms with Gasteiger partial charge in [0.2, 0.25) is 5.92 Å². The smallest absolute Gasteiger partial charge is 0.247 e. The van der Waals surface area contributed by atoms with Crippen LogP contribution < -0.4 is 0 Å². The van der Waals surface area contributed by atoms with Crippen LogP contribution in [0.15, 0.2) is 12.3 Å². The Morgan fingerprint density at radius 1 is 1.64 bits per heavy atom. The maximum atomic E-state index is 12.5. The molecule has 0 aliphatic heterocycles. The van der Waals surface area contributed by atoms with E-state index in [1.165, 1.54) is 23.9 Å². The van der Waals surface area contributed by atoms with Gasteiger partial charge in [-0.3, -0.25) is 9.48 Å². The van der Waals surface area contributed by atoms with Gasteiger partial charge in [-0.1, -0.05) is 0 Å². The molecule has 0 spiro atoms. The van der Waals surface area contributed by atoms with Crippen LogP contribution in [0.4, 0.5) is 8.78 Å². The Labute approximate surface area is 80.7 Å². The molecule has 1 rings (SSSR count). The molecule has 1 heterocycles. The van der Waals surface area contributed by atoms with Crippen molar-refractivity contribution >= 4 is 5.78 Å². The van der Waals surface area contributed by atoms with Gasteiger partial charge < -0.3 is 0 Å². The maximum absolute atomic E-state index is 12.5. The van der Waals surface area contributed by atoms with E-state index in [-0.39, 0.29) is 18.7 Å². The molecule has 1 aromatic rings. The molecule has 0 fully saturated rings. The molecule has 3 nitrogen and oxygen atoms in total. The molecule has 14 heavy (non-hydrogen) atoms. The second kappa shape index (κ2) is 3.86. The Kier molecular flexibility index (Phi) is 2.98. The van der Waals surface area contributed by atoms with Crippen molar-refractivity contribution in [1.29, 1.82) is 0 Å². The van der Waals surface area contributed by atoms with Crippen molar-refractivity contribution < 1.29 is 13.6 Å². The number of hydrogen-bond acceptors (Lipinski definition) is 2. The average molecular weight is 202 g/mol. The average Bonchev–Trinajstić information content (AvgIpc) is 2.46. The zero-order chi connectivity index (χ0) is 10.8. The highest BCUT2D eigenvalue weighted by Gasteiger charge is 2.21.